The van der Waals surface area contributed by atoms with Crippen LogP contribution in [0.4, 0.5) is 5.69 Å². The molecule has 0 bridgehead atoms. The van der Waals surface area contributed by atoms with Crippen molar-refractivity contribution in [1.29, 1.82) is 0 Å². The smallest absolute Gasteiger partial charge is 0.268 e. The van der Waals surface area contributed by atoms with Crippen LogP contribution < -0.4 is 15.8 Å². The Bertz CT molecular complexity index is 489. The molecule has 1 aliphatic heterocycles. The summed E-state index contributed by atoms with van der Waals surface area (Å²) in [6, 6.07) is 2.48. The number of hydrogen-bond donors (Lipinski definition) is 1. The van der Waals surface area contributed by atoms with E-state index in [-0.39, 0.29) is 5.56 Å². The molecule has 1 aromatic heterocycles. The first kappa shape index (κ1) is 13.6. The average Bonchev–Trinajstić information content (AvgIpc) is 3.30. The zero-order valence-electron chi connectivity index (χ0n) is 12.1. The van der Waals surface area contributed by atoms with Crippen molar-refractivity contribution < 1.29 is 0 Å². The molecule has 2 fully saturated rings. The van der Waals surface area contributed by atoms with Gasteiger partial charge in [0.15, 0.2) is 0 Å². The third kappa shape index (κ3) is 3.60. The molecule has 3 rings (SSSR count). The van der Waals surface area contributed by atoms with Crippen LogP contribution in [-0.4, -0.2) is 35.5 Å². The van der Waals surface area contributed by atoms with Crippen LogP contribution in [0.25, 0.3) is 0 Å². The maximum atomic E-state index is 12.1. The van der Waals surface area contributed by atoms with Gasteiger partial charge in [0.25, 0.3) is 5.56 Å². The fourth-order valence-electron chi connectivity index (χ4n) is 2.74. The van der Waals surface area contributed by atoms with Crippen LogP contribution in [0.15, 0.2) is 17.1 Å². The minimum absolute atomic E-state index is 0.0273. The van der Waals surface area contributed by atoms with Crippen LogP contribution in [0.5, 0.6) is 0 Å². The zero-order chi connectivity index (χ0) is 13.8. The summed E-state index contributed by atoms with van der Waals surface area (Å²) in [6.07, 6.45) is 9.17. The fraction of sp³-hybridized carbons (Fsp3) is 0.733. The molecule has 0 atom stereocenters. The third-order valence-electron chi connectivity index (χ3n) is 4.13. The number of aromatic nitrogens is 2. The summed E-state index contributed by atoms with van der Waals surface area (Å²) in [5, 5.41) is 7.78. The largest absolute Gasteiger partial charge is 0.370 e. The topological polar surface area (TPSA) is 50.2 Å². The van der Waals surface area contributed by atoms with Crippen molar-refractivity contribution in [2.24, 2.45) is 0 Å². The second-order valence-electron chi connectivity index (χ2n) is 5.90. The molecule has 1 aromatic rings. The van der Waals surface area contributed by atoms with Crippen molar-refractivity contribution in [1.82, 2.24) is 15.1 Å². The van der Waals surface area contributed by atoms with Gasteiger partial charge in [-0.2, -0.15) is 5.10 Å². The van der Waals surface area contributed by atoms with E-state index < -0.39 is 0 Å². The van der Waals surface area contributed by atoms with Crippen LogP contribution >= 0.6 is 0 Å². The second kappa shape index (κ2) is 6.39. The van der Waals surface area contributed by atoms with Crippen LogP contribution in [0, 0.1) is 0 Å². The molecule has 1 saturated heterocycles. The molecule has 0 radical (unpaired) electrons. The summed E-state index contributed by atoms with van der Waals surface area (Å²) in [5.74, 6) is 0. The molecule has 20 heavy (non-hydrogen) atoms. The average molecular weight is 276 g/mol. The van der Waals surface area contributed by atoms with Gasteiger partial charge < -0.3 is 10.2 Å². The first-order valence-corrected chi connectivity index (χ1v) is 7.88. The molecule has 2 heterocycles. The Morgan fingerprint density at radius 2 is 2.05 bits per heavy atom. The highest BCUT2D eigenvalue weighted by molar-refractivity contribution is 5.43. The van der Waals surface area contributed by atoms with Gasteiger partial charge in [-0.1, -0.05) is 0 Å². The first-order valence-electron chi connectivity index (χ1n) is 7.88. The van der Waals surface area contributed by atoms with E-state index in [9.17, 15) is 4.79 Å². The summed E-state index contributed by atoms with van der Waals surface area (Å²) >= 11 is 0. The number of nitrogens with zero attached hydrogens (tertiary/aromatic N) is 3. The molecular weight excluding hydrogens is 252 g/mol. The van der Waals surface area contributed by atoms with Gasteiger partial charge in [-0.15, -0.1) is 0 Å². The molecule has 0 aromatic carbocycles. The van der Waals surface area contributed by atoms with E-state index in [2.05, 4.69) is 15.3 Å². The van der Waals surface area contributed by atoms with Crippen molar-refractivity contribution in [3.63, 3.8) is 0 Å². The van der Waals surface area contributed by atoms with Gasteiger partial charge in [-0.25, -0.2) is 4.68 Å². The lowest BCUT2D eigenvalue weighted by Gasteiger charge is -2.28. The van der Waals surface area contributed by atoms with Crippen LogP contribution in [0.1, 0.15) is 38.5 Å². The molecule has 5 heteroatoms. The number of nitrogens with one attached hydrogen (secondary N) is 1. The van der Waals surface area contributed by atoms with Gasteiger partial charge >= 0.3 is 0 Å². The molecule has 1 saturated carbocycles. The number of anilines is 1. The lowest BCUT2D eigenvalue weighted by Crippen LogP contribution is -2.32. The Kier molecular flexibility index (Phi) is 4.35. The molecule has 5 nitrogen and oxygen atoms in total. The van der Waals surface area contributed by atoms with E-state index in [1.165, 1.54) is 32.1 Å². The van der Waals surface area contributed by atoms with Crippen LogP contribution in [-0.2, 0) is 6.54 Å². The predicted molar refractivity (Wildman–Crippen MR) is 80.2 cm³/mol. The van der Waals surface area contributed by atoms with Crippen LogP contribution in [0.2, 0.25) is 0 Å². The second-order valence-corrected chi connectivity index (χ2v) is 5.90. The highest BCUT2D eigenvalue weighted by atomic mass is 16.1. The van der Waals surface area contributed by atoms with E-state index in [0.29, 0.717) is 6.54 Å². The number of rotatable bonds is 6. The van der Waals surface area contributed by atoms with Gasteiger partial charge in [0.05, 0.1) is 11.9 Å². The van der Waals surface area contributed by atoms with Crippen molar-refractivity contribution in [3.8, 4) is 0 Å². The zero-order valence-corrected chi connectivity index (χ0v) is 12.1. The highest BCUT2D eigenvalue weighted by Crippen LogP contribution is 2.18. The molecule has 0 spiro atoms. The molecule has 0 unspecified atom stereocenters. The van der Waals surface area contributed by atoms with Gasteiger partial charge in [-0.05, 0) is 45.1 Å². The molecule has 0 amide bonds. The third-order valence-corrected chi connectivity index (χ3v) is 4.13. The minimum Gasteiger partial charge on any atom is -0.370 e. The summed E-state index contributed by atoms with van der Waals surface area (Å²) in [6.45, 7) is 3.79. The summed E-state index contributed by atoms with van der Waals surface area (Å²) in [4.78, 5) is 14.4. The SMILES string of the molecule is O=c1cc(N2CCCCC2)cnn1CCCNC1CC1. The van der Waals surface area contributed by atoms with Gasteiger partial charge in [0, 0.05) is 31.7 Å². The van der Waals surface area contributed by atoms with E-state index in [1.807, 2.05) is 6.20 Å². The van der Waals surface area contributed by atoms with Gasteiger partial charge in [0.1, 0.15) is 0 Å². The van der Waals surface area contributed by atoms with Crippen molar-refractivity contribution >= 4 is 5.69 Å². The molecule has 2 aliphatic rings. The number of hydrogen-bond acceptors (Lipinski definition) is 4. The van der Waals surface area contributed by atoms with E-state index >= 15 is 0 Å². The van der Waals surface area contributed by atoms with Crippen molar-refractivity contribution in [2.45, 2.75) is 51.1 Å². The van der Waals surface area contributed by atoms with Crippen molar-refractivity contribution in [2.75, 3.05) is 24.5 Å². The summed E-state index contributed by atoms with van der Waals surface area (Å²) in [5.41, 5.74) is 1.02. The minimum atomic E-state index is 0.0273. The summed E-state index contributed by atoms with van der Waals surface area (Å²) in [7, 11) is 0. The van der Waals surface area contributed by atoms with E-state index in [1.54, 1.807) is 10.7 Å². The maximum absolute atomic E-state index is 12.1. The Hall–Kier alpha value is -1.36. The van der Waals surface area contributed by atoms with Crippen molar-refractivity contribution in [3.05, 3.63) is 22.6 Å². The first-order chi connectivity index (χ1) is 9.83. The molecule has 1 N–H and O–H groups in total. The van der Waals surface area contributed by atoms with E-state index in [0.717, 1.165) is 37.8 Å². The summed E-state index contributed by atoms with van der Waals surface area (Å²) < 4.78 is 1.59. The van der Waals surface area contributed by atoms with E-state index in [4.69, 9.17) is 0 Å². The quantitative estimate of drug-likeness (QED) is 0.797. The lowest BCUT2D eigenvalue weighted by molar-refractivity contribution is 0.518. The Balaban J connectivity index is 1.54. The Labute approximate surface area is 120 Å². The Morgan fingerprint density at radius 3 is 2.75 bits per heavy atom. The predicted octanol–water partition coefficient (Wildman–Crippen LogP) is 1.38. The molecule has 110 valence electrons. The monoisotopic (exact) mass is 276 g/mol. The molecule has 1 aliphatic carbocycles. The van der Waals surface area contributed by atoms with Gasteiger partial charge in [0.2, 0.25) is 0 Å². The standard InChI is InChI=1S/C15H24N4O/c20-15-11-14(18-8-2-1-3-9-18)12-17-19(15)10-4-7-16-13-5-6-13/h11-13,16H,1-10H2. The fourth-order valence-corrected chi connectivity index (χ4v) is 2.74. The van der Waals surface area contributed by atoms with Crippen LogP contribution in [0.3, 0.4) is 0 Å². The normalized spacial score (nSPS) is 19.3. The highest BCUT2D eigenvalue weighted by Gasteiger charge is 2.19. The maximum Gasteiger partial charge on any atom is 0.268 e. The Morgan fingerprint density at radius 1 is 1.25 bits per heavy atom. The lowest BCUT2D eigenvalue weighted by atomic mass is 10.1. The molecular formula is C15H24N4O. The number of piperidine rings is 1. The number of aryl methyl sites for hydroxylation is 1. The van der Waals surface area contributed by atoms with Gasteiger partial charge in [-0.3, -0.25) is 4.79 Å².